The number of nitrogens with zero attached hydrogens (tertiary/aromatic N) is 1. The second-order valence-electron chi connectivity index (χ2n) is 2.63. The molecular weight excluding hydrogens is 218 g/mol. The second-order valence-corrected chi connectivity index (χ2v) is 3.03. The topological polar surface area (TPSA) is 59.0 Å². The molecule has 0 saturated heterocycles. The van der Waals surface area contributed by atoms with Gasteiger partial charge in [0.25, 0.3) is 0 Å². The summed E-state index contributed by atoms with van der Waals surface area (Å²) in [6, 6.07) is 4.71. The van der Waals surface area contributed by atoms with Gasteiger partial charge in [0.2, 0.25) is 0 Å². The first-order valence-electron chi connectivity index (χ1n) is 4.04. The van der Waals surface area contributed by atoms with E-state index in [1.165, 1.54) is 20.3 Å². The van der Waals surface area contributed by atoms with Crippen molar-refractivity contribution in [3.8, 4) is 11.5 Å². The Morgan fingerprint density at radius 3 is 2.40 bits per heavy atom. The normalized spacial score (nSPS) is 9.53. The molecule has 5 nitrogen and oxygen atoms in total. The average molecular weight is 229 g/mol. The van der Waals surface area contributed by atoms with Gasteiger partial charge in [-0.05, 0) is 12.1 Å². The van der Waals surface area contributed by atoms with Crippen molar-refractivity contribution in [1.29, 1.82) is 0 Å². The smallest absolute Gasteiger partial charge is 0.421 e. The lowest BCUT2D eigenvalue weighted by Gasteiger charge is -2.14. The number of anilines is 1. The maximum atomic E-state index is 10.6. The van der Waals surface area contributed by atoms with Crippen LogP contribution in [0, 0.1) is 0 Å². The van der Waals surface area contributed by atoms with Gasteiger partial charge in [-0.3, -0.25) is 0 Å². The Labute approximate surface area is 92.8 Å². The highest BCUT2D eigenvalue weighted by Crippen LogP contribution is 2.31. The van der Waals surface area contributed by atoms with Crippen molar-refractivity contribution in [1.82, 2.24) is 0 Å². The fourth-order valence-electron chi connectivity index (χ4n) is 1.07. The van der Waals surface area contributed by atoms with E-state index in [-0.39, 0.29) is 0 Å². The molecule has 0 spiro atoms. The molecule has 0 saturated carbocycles. The summed E-state index contributed by atoms with van der Waals surface area (Å²) in [6.07, 6.45) is -1.16. The number of methoxy groups -OCH3 is 2. The molecule has 1 aromatic rings. The van der Waals surface area contributed by atoms with Crippen LogP contribution in [-0.2, 0) is 0 Å². The number of benzene rings is 1. The lowest BCUT2D eigenvalue weighted by molar-refractivity contribution is 0.206. The Balaban J connectivity index is 3.07. The van der Waals surface area contributed by atoms with E-state index in [9.17, 15) is 4.79 Å². The number of rotatable bonds is 3. The highest BCUT2D eigenvalue weighted by Gasteiger charge is 2.12. The summed E-state index contributed by atoms with van der Waals surface area (Å²) in [6.45, 7) is 0. The van der Waals surface area contributed by atoms with Gasteiger partial charge in [-0.1, -0.05) is 12.8 Å². The summed E-state index contributed by atoms with van der Waals surface area (Å²) in [5, 5.41) is 8.70. The fraction of sp³-hybridized carbons (Fsp3) is 0.222. The number of carboxylic acid groups (broad SMARTS) is 1. The van der Waals surface area contributed by atoms with Crippen LogP contribution in [0.15, 0.2) is 18.2 Å². The molecule has 0 heterocycles. The van der Waals surface area contributed by atoms with E-state index in [1.54, 1.807) is 12.1 Å². The SMILES string of the molecule is COc1ccc(N(S)C(=O)O)cc1OC. The Bertz CT molecular complexity index is 369. The Morgan fingerprint density at radius 2 is 1.93 bits per heavy atom. The molecule has 0 fully saturated rings. The molecule has 1 amide bonds. The van der Waals surface area contributed by atoms with Crippen LogP contribution in [0.3, 0.4) is 0 Å². The highest BCUT2D eigenvalue weighted by molar-refractivity contribution is 7.82. The van der Waals surface area contributed by atoms with E-state index in [0.717, 1.165) is 4.31 Å². The monoisotopic (exact) mass is 229 g/mol. The molecule has 1 rings (SSSR count). The predicted octanol–water partition coefficient (Wildman–Crippen LogP) is 2.03. The second kappa shape index (κ2) is 4.79. The standard InChI is InChI=1S/C9H11NO4S/c1-13-7-4-3-6(5-8(7)14-2)10(15)9(11)12/h3-5,15H,1-2H3,(H,11,12). The van der Waals surface area contributed by atoms with Gasteiger partial charge in [0.15, 0.2) is 11.5 Å². The fourth-order valence-corrected chi connectivity index (χ4v) is 1.19. The quantitative estimate of drug-likeness (QED) is 0.779. The largest absolute Gasteiger partial charge is 0.493 e. The van der Waals surface area contributed by atoms with Gasteiger partial charge in [0.05, 0.1) is 19.9 Å². The first-order chi connectivity index (χ1) is 7.10. The Morgan fingerprint density at radius 1 is 1.33 bits per heavy atom. The van der Waals surface area contributed by atoms with E-state index in [0.29, 0.717) is 17.2 Å². The lowest BCUT2D eigenvalue weighted by Crippen LogP contribution is -2.17. The van der Waals surface area contributed by atoms with Crippen molar-refractivity contribution in [2.75, 3.05) is 18.5 Å². The summed E-state index contributed by atoms with van der Waals surface area (Å²) in [4.78, 5) is 10.6. The van der Waals surface area contributed by atoms with Crippen LogP contribution in [0.1, 0.15) is 0 Å². The van der Waals surface area contributed by atoms with Crippen LogP contribution in [0.2, 0.25) is 0 Å². The summed E-state index contributed by atoms with van der Waals surface area (Å²) in [5.74, 6) is 0.990. The Kier molecular flexibility index (Phi) is 3.68. The van der Waals surface area contributed by atoms with Crippen molar-refractivity contribution in [3.63, 3.8) is 0 Å². The summed E-state index contributed by atoms with van der Waals surface area (Å²) in [7, 11) is 2.98. The molecule has 0 aliphatic heterocycles. The van der Waals surface area contributed by atoms with Crippen LogP contribution in [-0.4, -0.2) is 25.4 Å². The summed E-state index contributed by atoms with van der Waals surface area (Å²) < 4.78 is 10.8. The molecular formula is C9H11NO4S. The molecule has 1 aromatic carbocycles. The molecule has 0 aliphatic carbocycles. The van der Waals surface area contributed by atoms with Crippen LogP contribution < -0.4 is 13.8 Å². The molecule has 1 N–H and O–H groups in total. The minimum atomic E-state index is -1.16. The minimum Gasteiger partial charge on any atom is -0.493 e. The van der Waals surface area contributed by atoms with Gasteiger partial charge in [0.1, 0.15) is 0 Å². The molecule has 82 valence electrons. The first-order valence-corrected chi connectivity index (χ1v) is 4.44. The number of hydrogen-bond acceptors (Lipinski definition) is 4. The van der Waals surface area contributed by atoms with Crippen LogP contribution in [0.25, 0.3) is 0 Å². The number of ether oxygens (including phenoxy) is 2. The third kappa shape index (κ3) is 2.47. The number of carbonyl (C=O) groups is 1. The first kappa shape index (κ1) is 11.5. The van der Waals surface area contributed by atoms with E-state index in [2.05, 4.69) is 12.8 Å². The van der Waals surface area contributed by atoms with Crippen LogP contribution >= 0.6 is 12.8 Å². The molecule has 15 heavy (non-hydrogen) atoms. The van der Waals surface area contributed by atoms with Crippen molar-refractivity contribution < 1.29 is 19.4 Å². The average Bonchev–Trinajstić information content (AvgIpc) is 2.26. The third-order valence-corrected chi connectivity index (χ3v) is 2.19. The molecule has 0 radical (unpaired) electrons. The predicted molar refractivity (Wildman–Crippen MR) is 59.0 cm³/mol. The zero-order chi connectivity index (χ0) is 11.4. The zero-order valence-electron chi connectivity index (χ0n) is 8.30. The summed E-state index contributed by atoms with van der Waals surface area (Å²) >= 11 is 3.80. The van der Waals surface area contributed by atoms with Crippen molar-refractivity contribution in [3.05, 3.63) is 18.2 Å². The maximum Gasteiger partial charge on any atom is 0.421 e. The van der Waals surface area contributed by atoms with Gasteiger partial charge in [-0.15, -0.1) is 0 Å². The van der Waals surface area contributed by atoms with E-state index in [4.69, 9.17) is 14.6 Å². The molecule has 0 bridgehead atoms. The summed E-state index contributed by atoms with van der Waals surface area (Å²) in [5.41, 5.74) is 0.392. The Hall–Kier alpha value is -1.56. The molecule has 0 unspecified atom stereocenters. The van der Waals surface area contributed by atoms with Crippen molar-refractivity contribution in [2.45, 2.75) is 0 Å². The third-order valence-electron chi connectivity index (χ3n) is 1.79. The number of hydrogen-bond donors (Lipinski definition) is 2. The maximum absolute atomic E-state index is 10.6. The number of thiol groups is 1. The molecule has 6 heteroatoms. The van der Waals surface area contributed by atoms with E-state index < -0.39 is 6.09 Å². The van der Waals surface area contributed by atoms with Gasteiger partial charge < -0.3 is 14.6 Å². The number of amides is 1. The molecule has 0 atom stereocenters. The minimum absolute atomic E-state index is 0.392. The zero-order valence-corrected chi connectivity index (χ0v) is 9.19. The van der Waals surface area contributed by atoms with Gasteiger partial charge in [0, 0.05) is 6.07 Å². The van der Waals surface area contributed by atoms with Crippen molar-refractivity contribution >= 4 is 24.6 Å². The van der Waals surface area contributed by atoms with E-state index in [1.807, 2.05) is 0 Å². The van der Waals surface area contributed by atoms with Crippen LogP contribution in [0.5, 0.6) is 11.5 Å². The molecule has 0 aliphatic rings. The lowest BCUT2D eigenvalue weighted by atomic mass is 10.3. The van der Waals surface area contributed by atoms with Crippen molar-refractivity contribution in [2.24, 2.45) is 0 Å². The molecule has 0 aromatic heterocycles. The van der Waals surface area contributed by atoms with Gasteiger partial charge in [-0.25, -0.2) is 9.10 Å². The van der Waals surface area contributed by atoms with E-state index >= 15 is 0 Å². The highest BCUT2D eigenvalue weighted by atomic mass is 32.1. The van der Waals surface area contributed by atoms with Crippen LogP contribution in [0.4, 0.5) is 10.5 Å². The van der Waals surface area contributed by atoms with Gasteiger partial charge >= 0.3 is 6.09 Å². The van der Waals surface area contributed by atoms with Gasteiger partial charge in [-0.2, -0.15) is 0 Å².